The summed E-state index contributed by atoms with van der Waals surface area (Å²) in [5.41, 5.74) is 2.39. The Kier molecular flexibility index (Phi) is 3.77. The Morgan fingerprint density at radius 2 is 1.45 bits per heavy atom. The molecule has 0 fully saturated rings. The van der Waals surface area contributed by atoms with Gasteiger partial charge in [0.15, 0.2) is 5.82 Å². The average Bonchev–Trinajstić information content (AvgIpc) is 2.99. The normalized spacial score (nSPS) is 18.1. The quantitative estimate of drug-likeness (QED) is 0.635. The molecule has 5 rings (SSSR count). The average molecular weight is 384 g/mol. The summed E-state index contributed by atoms with van der Waals surface area (Å²) in [6.07, 6.45) is 1.89. The second-order valence-corrected chi connectivity index (χ2v) is 7.09. The Hall–Kier alpha value is -3.87. The van der Waals surface area contributed by atoms with Gasteiger partial charge in [0.2, 0.25) is 0 Å². The van der Waals surface area contributed by atoms with Crippen molar-refractivity contribution in [3.8, 4) is 11.4 Å². The number of amides is 3. The van der Waals surface area contributed by atoms with Gasteiger partial charge in [-0.1, -0.05) is 42.5 Å². The number of aromatic nitrogens is 2. The molecule has 2 aliphatic rings. The highest BCUT2D eigenvalue weighted by atomic mass is 16.2. The van der Waals surface area contributed by atoms with Crippen LogP contribution in [0.25, 0.3) is 11.4 Å². The lowest BCUT2D eigenvalue weighted by atomic mass is 10.0. The number of nitrogens with zero attached hydrogens (tertiary/aromatic N) is 4. The van der Waals surface area contributed by atoms with Crippen LogP contribution in [0.15, 0.2) is 60.8 Å². The first-order valence-corrected chi connectivity index (χ1v) is 9.29. The third-order valence-corrected chi connectivity index (χ3v) is 5.23. The van der Waals surface area contributed by atoms with Crippen LogP contribution in [0, 0.1) is 0 Å². The van der Waals surface area contributed by atoms with Crippen LogP contribution in [0.1, 0.15) is 43.7 Å². The van der Waals surface area contributed by atoms with E-state index in [2.05, 4.69) is 9.97 Å². The molecular weight excluding hydrogens is 368 g/mol. The van der Waals surface area contributed by atoms with E-state index in [1.165, 1.54) is 11.2 Å². The van der Waals surface area contributed by atoms with Gasteiger partial charge in [-0.15, -0.1) is 0 Å². The van der Waals surface area contributed by atoms with Crippen molar-refractivity contribution in [2.45, 2.75) is 19.4 Å². The Morgan fingerprint density at radius 1 is 0.828 bits per heavy atom. The van der Waals surface area contributed by atoms with Gasteiger partial charge in [0, 0.05) is 18.2 Å². The van der Waals surface area contributed by atoms with Gasteiger partial charge in [0.1, 0.15) is 0 Å². The molecule has 7 heteroatoms. The van der Waals surface area contributed by atoms with Gasteiger partial charge in [-0.05, 0) is 19.1 Å². The largest absolute Gasteiger partial charge is 0.280 e. The fourth-order valence-corrected chi connectivity index (χ4v) is 3.83. The first kappa shape index (κ1) is 17.2. The summed E-state index contributed by atoms with van der Waals surface area (Å²) in [4.78, 5) is 47.8. The van der Waals surface area contributed by atoms with Gasteiger partial charge in [-0.3, -0.25) is 14.4 Å². The second-order valence-electron chi connectivity index (χ2n) is 7.09. The summed E-state index contributed by atoms with van der Waals surface area (Å²) < 4.78 is 0. The highest BCUT2D eigenvalue weighted by Gasteiger charge is 2.45. The topological polar surface area (TPSA) is 83.5 Å². The van der Waals surface area contributed by atoms with Gasteiger partial charge >= 0.3 is 0 Å². The van der Waals surface area contributed by atoms with E-state index in [-0.39, 0.29) is 0 Å². The van der Waals surface area contributed by atoms with Gasteiger partial charge < -0.3 is 0 Å². The summed E-state index contributed by atoms with van der Waals surface area (Å²) in [5.74, 6) is -0.890. The number of hydrazine groups is 1. The number of carbonyl (C=O) groups excluding carboxylic acids is 3. The zero-order valence-corrected chi connectivity index (χ0v) is 15.6. The number of rotatable bonds is 2. The molecule has 2 aromatic carbocycles. The number of benzene rings is 2. The molecule has 1 atom stereocenters. The first-order chi connectivity index (χ1) is 14.1. The van der Waals surface area contributed by atoms with Crippen molar-refractivity contribution in [1.29, 1.82) is 0 Å². The van der Waals surface area contributed by atoms with Crippen molar-refractivity contribution >= 4 is 17.7 Å². The van der Waals surface area contributed by atoms with Crippen molar-refractivity contribution in [3.63, 3.8) is 0 Å². The molecule has 1 aromatic heterocycles. The SMILES string of the molecule is CC1Cc2nc(-c3ccccc3)ncc2C(=O)N1N1C(=O)c2ccccc2C1=O. The fourth-order valence-electron chi connectivity index (χ4n) is 3.83. The molecule has 0 saturated heterocycles. The number of carbonyl (C=O) groups is 3. The van der Waals surface area contributed by atoms with Crippen molar-refractivity contribution in [3.05, 3.63) is 83.2 Å². The van der Waals surface area contributed by atoms with E-state index in [9.17, 15) is 14.4 Å². The van der Waals surface area contributed by atoms with Crippen LogP contribution in [-0.4, -0.2) is 43.7 Å². The molecule has 0 saturated carbocycles. The van der Waals surface area contributed by atoms with Gasteiger partial charge in [-0.2, -0.15) is 5.01 Å². The molecule has 2 aliphatic heterocycles. The maximum atomic E-state index is 13.2. The predicted octanol–water partition coefficient (Wildman–Crippen LogP) is 2.74. The predicted molar refractivity (Wildman–Crippen MR) is 104 cm³/mol. The minimum Gasteiger partial charge on any atom is -0.267 e. The van der Waals surface area contributed by atoms with Crippen molar-refractivity contribution < 1.29 is 14.4 Å². The van der Waals surface area contributed by atoms with E-state index < -0.39 is 23.8 Å². The standard InChI is InChI=1S/C22H16N4O3/c1-13-11-18-17(12-23-19(24-18)14-7-3-2-4-8-14)22(29)25(13)26-20(27)15-9-5-6-10-16(15)21(26)28/h2-10,12-13H,11H2,1H3. The summed E-state index contributed by atoms with van der Waals surface area (Å²) in [6.45, 7) is 1.80. The zero-order chi connectivity index (χ0) is 20.1. The molecular formula is C22H16N4O3. The zero-order valence-electron chi connectivity index (χ0n) is 15.6. The minimum absolute atomic E-state index is 0.305. The molecule has 7 nitrogen and oxygen atoms in total. The Labute approximate surface area is 166 Å². The van der Waals surface area contributed by atoms with E-state index in [1.807, 2.05) is 30.3 Å². The lowest BCUT2D eigenvalue weighted by Gasteiger charge is -2.38. The van der Waals surface area contributed by atoms with Gasteiger partial charge in [0.25, 0.3) is 17.7 Å². The maximum absolute atomic E-state index is 13.2. The van der Waals surface area contributed by atoms with Gasteiger partial charge in [0.05, 0.1) is 28.4 Å². The number of hydrogen-bond donors (Lipinski definition) is 0. The fraction of sp³-hybridized carbons (Fsp3) is 0.136. The monoisotopic (exact) mass is 384 g/mol. The molecule has 1 unspecified atom stereocenters. The van der Waals surface area contributed by atoms with E-state index in [0.717, 1.165) is 10.6 Å². The third kappa shape index (κ3) is 2.55. The van der Waals surface area contributed by atoms with Crippen molar-refractivity contribution in [1.82, 2.24) is 20.0 Å². The number of fused-ring (bicyclic) bond motifs is 2. The Morgan fingerprint density at radius 3 is 2.10 bits per heavy atom. The summed E-state index contributed by atoms with van der Waals surface area (Å²) in [6, 6.07) is 15.7. The highest BCUT2D eigenvalue weighted by Crippen LogP contribution is 2.30. The number of hydrogen-bond acceptors (Lipinski definition) is 5. The maximum Gasteiger partial charge on any atom is 0.280 e. The molecule has 29 heavy (non-hydrogen) atoms. The van der Waals surface area contributed by atoms with Crippen LogP contribution in [0.5, 0.6) is 0 Å². The Bertz CT molecular complexity index is 1140. The van der Waals surface area contributed by atoms with Crippen LogP contribution in [-0.2, 0) is 6.42 Å². The van der Waals surface area contributed by atoms with E-state index >= 15 is 0 Å². The highest BCUT2D eigenvalue weighted by molar-refractivity contribution is 6.22. The molecule has 3 aromatic rings. The molecule has 3 heterocycles. The van der Waals surface area contributed by atoms with Crippen LogP contribution >= 0.6 is 0 Å². The summed E-state index contributed by atoms with van der Waals surface area (Å²) in [7, 11) is 0. The lowest BCUT2D eigenvalue weighted by Crippen LogP contribution is -2.56. The Balaban J connectivity index is 1.53. The summed E-state index contributed by atoms with van der Waals surface area (Å²) >= 11 is 0. The molecule has 0 spiro atoms. The van der Waals surface area contributed by atoms with Crippen molar-refractivity contribution in [2.75, 3.05) is 0 Å². The van der Waals surface area contributed by atoms with Crippen LogP contribution in [0.2, 0.25) is 0 Å². The molecule has 0 N–H and O–H groups in total. The minimum atomic E-state index is -0.490. The number of imide groups is 1. The van der Waals surface area contributed by atoms with Crippen LogP contribution in [0.4, 0.5) is 0 Å². The molecule has 3 amide bonds. The molecule has 142 valence electrons. The molecule has 0 bridgehead atoms. The lowest BCUT2D eigenvalue weighted by molar-refractivity contribution is -0.0123. The van der Waals surface area contributed by atoms with E-state index in [4.69, 9.17) is 0 Å². The molecule has 0 aliphatic carbocycles. The van der Waals surface area contributed by atoms with Crippen LogP contribution < -0.4 is 0 Å². The summed E-state index contributed by atoms with van der Waals surface area (Å²) in [5, 5.41) is 2.18. The molecule has 0 radical (unpaired) electrons. The van der Waals surface area contributed by atoms with E-state index in [1.54, 1.807) is 31.2 Å². The third-order valence-electron chi connectivity index (χ3n) is 5.23. The van der Waals surface area contributed by atoms with Gasteiger partial charge in [-0.25, -0.2) is 15.0 Å². The van der Waals surface area contributed by atoms with Crippen molar-refractivity contribution in [2.24, 2.45) is 0 Å². The smallest absolute Gasteiger partial charge is 0.267 e. The van der Waals surface area contributed by atoms with Crippen LogP contribution in [0.3, 0.4) is 0 Å². The first-order valence-electron chi connectivity index (χ1n) is 9.29. The van der Waals surface area contributed by atoms with E-state index in [0.29, 0.717) is 34.6 Å². The second kappa shape index (κ2) is 6.34.